The van der Waals surface area contributed by atoms with Crippen LogP contribution in [-0.2, 0) is 14.9 Å². The molecule has 2 aromatic rings. The summed E-state index contributed by atoms with van der Waals surface area (Å²) in [6.07, 6.45) is 0.705. The zero-order valence-corrected chi connectivity index (χ0v) is 15.6. The Bertz CT molecular complexity index is 952. The van der Waals surface area contributed by atoms with Crippen LogP contribution in [-0.4, -0.2) is 41.8 Å². The molecule has 0 aliphatic carbocycles. The van der Waals surface area contributed by atoms with Crippen LogP contribution in [0.25, 0.3) is 0 Å². The van der Waals surface area contributed by atoms with Gasteiger partial charge in [0.25, 0.3) is 0 Å². The molecule has 0 bridgehead atoms. The molecule has 0 aromatic heterocycles. The van der Waals surface area contributed by atoms with Crippen molar-refractivity contribution in [3.05, 3.63) is 42.0 Å². The highest BCUT2D eigenvalue weighted by molar-refractivity contribution is 7.87. The molecule has 144 valence electrons. The fraction of sp³-hybridized carbons (Fsp3) is 0.278. The highest BCUT2D eigenvalue weighted by Crippen LogP contribution is 2.35. The fourth-order valence-corrected chi connectivity index (χ4v) is 3.40. The molecule has 1 heterocycles. The second-order valence-corrected chi connectivity index (χ2v) is 7.10. The summed E-state index contributed by atoms with van der Waals surface area (Å²) in [7, 11) is -1.58. The van der Waals surface area contributed by atoms with E-state index in [1.165, 1.54) is 50.6 Å². The van der Waals surface area contributed by atoms with Crippen molar-refractivity contribution in [3.8, 4) is 23.0 Å². The molecule has 1 aliphatic rings. The summed E-state index contributed by atoms with van der Waals surface area (Å²) in [6.45, 7) is 0.930. The summed E-state index contributed by atoms with van der Waals surface area (Å²) in [5, 5.41) is 0. The molecule has 0 saturated heterocycles. The Hall–Kier alpha value is -2.94. The molecule has 0 saturated carbocycles. The molecule has 0 spiro atoms. The van der Waals surface area contributed by atoms with Gasteiger partial charge in [-0.3, -0.25) is 0 Å². The van der Waals surface area contributed by atoms with E-state index >= 15 is 0 Å². The Morgan fingerprint density at radius 3 is 2.41 bits per heavy atom. The highest BCUT2D eigenvalue weighted by atomic mass is 32.2. The fourth-order valence-electron chi connectivity index (χ4n) is 2.45. The first-order valence-corrected chi connectivity index (χ1v) is 9.46. The zero-order chi connectivity index (χ0) is 19.4. The molecule has 27 heavy (non-hydrogen) atoms. The summed E-state index contributed by atoms with van der Waals surface area (Å²) < 4.78 is 51.3. The number of esters is 1. The van der Waals surface area contributed by atoms with Gasteiger partial charge in [-0.15, -0.1) is 0 Å². The van der Waals surface area contributed by atoms with Gasteiger partial charge in [-0.2, -0.15) is 8.42 Å². The maximum atomic E-state index is 12.7. The summed E-state index contributed by atoms with van der Waals surface area (Å²) in [4.78, 5) is 11.5. The van der Waals surface area contributed by atoms with E-state index in [-0.39, 0.29) is 22.0 Å². The minimum absolute atomic E-state index is 0.0581. The van der Waals surface area contributed by atoms with Gasteiger partial charge in [0.05, 0.1) is 33.0 Å². The molecule has 0 fully saturated rings. The Balaban J connectivity index is 1.90. The lowest BCUT2D eigenvalue weighted by Crippen LogP contribution is -2.11. The number of carbonyl (C=O) groups is 1. The normalized spacial score (nSPS) is 13.4. The number of methoxy groups -OCH3 is 2. The molecule has 0 amide bonds. The third-order valence-electron chi connectivity index (χ3n) is 3.79. The second kappa shape index (κ2) is 7.75. The molecule has 0 N–H and O–H groups in total. The number of carbonyl (C=O) groups excluding carboxylic acids is 1. The molecule has 9 heteroatoms. The van der Waals surface area contributed by atoms with E-state index in [1.807, 2.05) is 0 Å². The summed E-state index contributed by atoms with van der Waals surface area (Å²) in [5.41, 5.74) is 0.203. The van der Waals surface area contributed by atoms with Crippen LogP contribution in [0.4, 0.5) is 0 Å². The highest BCUT2D eigenvalue weighted by Gasteiger charge is 2.23. The first-order chi connectivity index (χ1) is 12.9. The van der Waals surface area contributed by atoms with Gasteiger partial charge in [0.1, 0.15) is 4.90 Å². The van der Waals surface area contributed by atoms with E-state index in [0.717, 1.165) is 0 Å². The smallest absolute Gasteiger partial charge is 0.339 e. The van der Waals surface area contributed by atoms with Gasteiger partial charge < -0.3 is 23.1 Å². The maximum Gasteiger partial charge on any atom is 0.339 e. The molecular weight excluding hydrogens is 376 g/mol. The lowest BCUT2D eigenvalue weighted by molar-refractivity contribution is 0.0600. The number of fused-ring (bicyclic) bond motifs is 1. The average Bonchev–Trinajstić information content (AvgIpc) is 2.92. The molecule has 0 atom stereocenters. The number of hydrogen-bond acceptors (Lipinski definition) is 8. The molecule has 3 rings (SSSR count). The minimum Gasteiger partial charge on any atom is -0.493 e. The van der Waals surface area contributed by atoms with Gasteiger partial charge in [-0.05, 0) is 30.3 Å². The Labute approximate surface area is 156 Å². The lowest BCUT2D eigenvalue weighted by atomic mass is 10.2. The van der Waals surface area contributed by atoms with Crippen LogP contribution in [0.3, 0.4) is 0 Å². The van der Waals surface area contributed by atoms with Crippen LogP contribution in [0.15, 0.2) is 41.3 Å². The third-order valence-corrected chi connectivity index (χ3v) is 5.02. The van der Waals surface area contributed by atoms with Crippen LogP contribution in [0.1, 0.15) is 16.8 Å². The predicted molar refractivity (Wildman–Crippen MR) is 94.2 cm³/mol. The minimum atomic E-state index is -4.16. The molecule has 1 aliphatic heterocycles. The van der Waals surface area contributed by atoms with E-state index in [9.17, 15) is 13.2 Å². The summed E-state index contributed by atoms with van der Waals surface area (Å²) in [6, 6.07) is 8.29. The van der Waals surface area contributed by atoms with E-state index in [1.54, 1.807) is 0 Å². The average molecular weight is 394 g/mol. The molecule has 8 nitrogen and oxygen atoms in total. The van der Waals surface area contributed by atoms with Gasteiger partial charge in [-0.25, -0.2) is 4.79 Å². The topological polar surface area (TPSA) is 97.4 Å². The third kappa shape index (κ3) is 4.08. The van der Waals surface area contributed by atoms with Crippen LogP contribution in [0, 0.1) is 0 Å². The van der Waals surface area contributed by atoms with Crippen LogP contribution < -0.4 is 18.4 Å². The van der Waals surface area contributed by atoms with Crippen LogP contribution >= 0.6 is 0 Å². The second-order valence-electron chi connectivity index (χ2n) is 5.55. The molecule has 0 radical (unpaired) electrons. The molecular formula is C18H18O8S. The quantitative estimate of drug-likeness (QED) is 0.563. The van der Waals surface area contributed by atoms with Crippen LogP contribution in [0.2, 0.25) is 0 Å². The Morgan fingerprint density at radius 2 is 1.70 bits per heavy atom. The monoisotopic (exact) mass is 394 g/mol. The largest absolute Gasteiger partial charge is 0.493 e. The first kappa shape index (κ1) is 18.8. The van der Waals surface area contributed by atoms with Crippen molar-refractivity contribution < 1.29 is 36.3 Å². The van der Waals surface area contributed by atoms with Gasteiger partial charge in [0.15, 0.2) is 23.0 Å². The van der Waals surface area contributed by atoms with Gasteiger partial charge in [0.2, 0.25) is 0 Å². The van der Waals surface area contributed by atoms with Crippen molar-refractivity contribution in [3.63, 3.8) is 0 Å². The molecule has 0 unspecified atom stereocenters. The zero-order valence-electron chi connectivity index (χ0n) is 14.8. The van der Waals surface area contributed by atoms with Crippen molar-refractivity contribution in [2.75, 3.05) is 27.4 Å². The number of rotatable bonds is 5. The SMILES string of the molecule is COC(=O)c1ccc(OS(=O)(=O)c2ccc3c(c2)OCCCO3)c(OC)c1. The van der Waals surface area contributed by atoms with Crippen molar-refractivity contribution in [1.29, 1.82) is 0 Å². The maximum absolute atomic E-state index is 12.7. The number of hydrogen-bond donors (Lipinski definition) is 0. The van der Waals surface area contributed by atoms with E-state index in [0.29, 0.717) is 31.1 Å². The predicted octanol–water partition coefficient (Wildman–Crippen LogP) is 2.41. The van der Waals surface area contributed by atoms with E-state index in [4.69, 9.17) is 18.4 Å². The lowest BCUT2D eigenvalue weighted by Gasteiger charge is -2.13. The van der Waals surface area contributed by atoms with Gasteiger partial charge in [-0.1, -0.05) is 0 Å². The Morgan fingerprint density at radius 1 is 0.963 bits per heavy atom. The number of ether oxygens (including phenoxy) is 4. The number of benzene rings is 2. The Kier molecular flexibility index (Phi) is 5.41. The van der Waals surface area contributed by atoms with E-state index < -0.39 is 16.1 Å². The van der Waals surface area contributed by atoms with Gasteiger partial charge >= 0.3 is 16.1 Å². The van der Waals surface area contributed by atoms with Gasteiger partial charge in [0, 0.05) is 12.5 Å². The summed E-state index contributed by atoms with van der Waals surface area (Å²) in [5.74, 6) is 0.260. The van der Waals surface area contributed by atoms with Crippen molar-refractivity contribution in [2.24, 2.45) is 0 Å². The van der Waals surface area contributed by atoms with E-state index in [2.05, 4.69) is 4.74 Å². The standard InChI is InChI=1S/C18H18O8S/c1-22-16-10-12(18(19)23-2)4-6-15(16)26-27(20,21)13-5-7-14-17(11-13)25-9-3-8-24-14/h4-7,10-11H,3,8-9H2,1-2H3. The first-order valence-electron chi connectivity index (χ1n) is 8.05. The van der Waals surface area contributed by atoms with Crippen molar-refractivity contribution >= 4 is 16.1 Å². The van der Waals surface area contributed by atoms with Crippen molar-refractivity contribution in [2.45, 2.75) is 11.3 Å². The van der Waals surface area contributed by atoms with Crippen molar-refractivity contribution in [1.82, 2.24) is 0 Å². The summed E-state index contributed by atoms with van der Waals surface area (Å²) >= 11 is 0. The molecule has 2 aromatic carbocycles. The van der Waals surface area contributed by atoms with Crippen LogP contribution in [0.5, 0.6) is 23.0 Å².